The van der Waals surface area contributed by atoms with E-state index in [-0.39, 0.29) is 12.1 Å². The molecule has 0 radical (unpaired) electrons. The number of halogens is 1. The van der Waals surface area contributed by atoms with E-state index < -0.39 is 0 Å². The molecule has 2 aromatic rings. The zero-order chi connectivity index (χ0) is 13.7. The highest BCUT2D eigenvalue weighted by atomic mass is 35.5. The van der Waals surface area contributed by atoms with Crippen LogP contribution in [0.3, 0.4) is 0 Å². The number of carbonyl (C=O) groups is 1. The van der Waals surface area contributed by atoms with E-state index in [9.17, 15) is 4.79 Å². The first-order valence-corrected chi connectivity index (χ1v) is 6.58. The predicted molar refractivity (Wildman–Crippen MR) is 76.1 cm³/mol. The molecule has 0 aromatic heterocycles. The van der Waals surface area contributed by atoms with E-state index in [2.05, 4.69) is 0 Å². The van der Waals surface area contributed by atoms with Gasteiger partial charge in [-0.05, 0) is 23.3 Å². The van der Waals surface area contributed by atoms with Gasteiger partial charge in [0.15, 0.2) is 6.10 Å². The summed E-state index contributed by atoms with van der Waals surface area (Å²) < 4.78 is 5.53. The maximum Gasteiger partial charge on any atom is 0.306 e. The minimum absolute atomic E-state index is 0.219. The number of benzene rings is 2. The highest BCUT2D eigenvalue weighted by Crippen LogP contribution is 2.27. The van der Waals surface area contributed by atoms with Crippen molar-refractivity contribution in [3.05, 3.63) is 70.7 Å². The Hall–Kier alpha value is -1.80. The lowest BCUT2D eigenvalue weighted by atomic mass is 10.0. The summed E-state index contributed by atoms with van der Waals surface area (Å²) in [7, 11) is 0. The lowest BCUT2D eigenvalue weighted by Gasteiger charge is -2.18. The van der Waals surface area contributed by atoms with Gasteiger partial charge < -0.3 is 4.74 Å². The minimum Gasteiger partial charge on any atom is -0.453 e. The molecular weight excluding hydrogens is 260 g/mol. The number of esters is 1. The Kier molecular flexibility index (Phi) is 4.58. The molecule has 0 fully saturated rings. The Balaban J connectivity index is 2.34. The molecule has 0 aliphatic rings. The summed E-state index contributed by atoms with van der Waals surface area (Å²) in [6.07, 6.45) is -0.0254. The van der Waals surface area contributed by atoms with Crippen LogP contribution < -0.4 is 0 Å². The number of hydrogen-bond donors (Lipinski definition) is 0. The molecule has 1 atom stereocenters. The Labute approximate surface area is 118 Å². The van der Waals surface area contributed by atoms with Crippen molar-refractivity contribution in [1.82, 2.24) is 0 Å². The summed E-state index contributed by atoms with van der Waals surface area (Å²) in [5.41, 5.74) is 1.86. The third-order valence-corrected chi connectivity index (χ3v) is 3.07. The molecule has 0 saturated heterocycles. The molecule has 0 heterocycles. The van der Waals surface area contributed by atoms with Crippen LogP contribution in [0.15, 0.2) is 54.6 Å². The second-order valence-electron chi connectivity index (χ2n) is 4.19. The number of rotatable bonds is 4. The molecule has 0 unspecified atom stereocenters. The van der Waals surface area contributed by atoms with Crippen LogP contribution in [0, 0.1) is 0 Å². The van der Waals surface area contributed by atoms with Crippen LogP contribution in [-0.4, -0.2) is 5.97 Å². The third-order valence-electron chi connectivity index (χ3n) is 2.81. The van der Waals surface area contributed by atoms with Gasteiger partial charge in [-0.25, -0.2) is 0 Å². The van der Waals surface area contributed by atoms with E-state index in [1.807, 2.05) is 42.5 Å². The van der Waals surface area contributed by atoms with Gasteiger partial charge in [0.05, 0.1) is 0 Å². The summed E-state index contributed by atoms with van der Waals surface area (Å²) in [6.45, 7) is 1.78. The fraction of sp³-hybridized carbons (Fsp3) is 0.188. The van der Waals surface area contributed by atoms with Crippen molar-refractivity contribution in [3.8, 4) is 0 Å². The van der Waals surface area contributed by atoms with Crippen LogP contribution >= 0.6 is 11.6 Å². The molecule has 0 spiro atoms. The average Bonchev–Trinajstić information content (AvgIpc) is 2.46. The van der Waals surface area contributed by atoms with Crippen LogP contribution in [0.25, 0.3) is 0 Å². The van der Waals surface area contributed by atoms with Gasteiger partial charge in [-0.15, -0.1) is 0 Å². The molecule has 2 aromatic carbocycles. The van der Waals surface area contributed by atoms with E-state index in [4.69, 9.17) is 16.3 Å². The Morgan fingerprint density at radius 1 is 1.05 bits per heavy atom. The van der Waals surface area contributed by atoms with Gasteiger partial charge in [0.25, 0.3) is 0 Å². The normalized spacial score (nSPS) is 11.9. The molecule has 98 valence electrons. The maximum atomic E-state index is 11.6. The van der Waals surface area contributed by atoms with E-state index in [0.29, 0.717) is 11.4 Å². The molecule has 0 saturated carbocycles. The number of carbonyl (C=O) groups excluding carboxylic acids is 1. The van der Waals surface area contributed by atoms with Gasteiger partial charge in [0, 0.05) is 11.4 Å². The quantitative estimate of drug-likeness (QED) is 0.773. The Bertz CT molecular complexity index is 534. The molecule has 0 N–H and O–H groups in total. The zero-order valence-corrected chi connectivity index (χ0v) is 11.4. The summed E-state index contributed by atoms with van der Waals surface area (Å²) in [4.78, 5) is 11.6. The van der Waals surface area contributed by atoms with Gasteiger partial charge in [0.1, 0.15) is 0 Å². The van der Waals surface area contributed by atoms with Gasteiger partial charge in [-0.3, -0.25) is 4.79 Å². The standard InChI is InChI=1S/C16H15ClO2/c1-2-15(18)19-16(12-6-4-3-5-7-12)13-8-10-14(17)11-9-13/h3-11,16H,2H2,1H3/t16-/m1/s1. The van der Waals surface area contributed by atoms with Crippen molar-refractivity contribution < 1.29 is 9.53 Å². The van der Waals surface area contributed by atoms with E-state index in [0.717, 1.165) is 11.1 Å². The highest BCUT2D eigenvalue weighted by molar-refractivity contribution is 6.30. The van der Waals surface area contributed by atoms with Gasteiger partial charge in [-0.2, -0.15) is 0 Å². The Morgan fingerprint density at radius 2 is 1.63 bits per heavy atom. The molecule has 0 aliphatic carbocycles. The lowest BCUT2D eigenvalue weighted by molar-refractivity contribution is -0.147. The van der Waals surface area contributed by atoms with Gasteiger partial charge in [0.2, 0.25) is 0 Å². The van der Waals surface area contributed by atoms with Crippen molar-refractivity contribution in [2.75, 3.05) is 0 Å². The van der Waals surface area contributed by atoms with Crippen LogP contribution in [0.4, 0.5) is 0 Å². The minimum atomic E-state index is -0.383. The van der Waals surface area contributed by atoms with Gasteiger partial charge >= 0.3 is 5.97 Å². The Morgan fingerprint density at radius 3 is 2.21 bits per heavy atom. The fourth-order valence-electron chi connectivity index (χ4n) is 1.81. The molecule has 2 rings (SSSR count). The van der Waals surface area contributed by atoms with Gasteiger partial charge in [-0.1, -0.05) is 61.0 Å². The summed E-state index contributed by atoms with van der Waals surface area (Å²) in [5.74, 6) is -0.219. The molecule has 0 amide bonds. The van der Waals surface area contributed by atoms with Crippen molar-refractivity contribution in [3.63, 3.8) is 0 Å². The first kappa shape index (κ1) is 13.6. The summed E-state index contributed by atoms with van der Waals surface area (Å²) in [6, 6.07) is 17.0. The maximum absolute atomic E-state index is 11.6. The number of ether oxygens (including phenoxy) is 1. The number of hydrogen-bond acceptors (Lipinski definition) is 2. The molecule has 2 nitrogen and oxygen atoms in total. The van der Waals surface area contributed by atoms with Crippen molar-refractivity contribution in [2.45, 2.75) is 19.4 Å². The summed E-state index contributed by atoms with van der Waals surface area (Å²) >= 11 is 5.89. The monoisotopic (exact) mass is 274 g/mol. The second kappa shape index (κ2) is 6.39. The van der Waals surface area contributed by atoms with Crippen LogP contribution in [0.1, 0.15) is 30.6 Å². The average molecular weight is 275 g/mol. The third kappa shape index (κ3) is 3.58. The van der Waals surface area contributed by atoms with Crippen molar-refractivity contribution >= 4 is 17.6 Å². The van der Waals surface area contributed by atoms with E-state index in [1.165, 1.54) is 0 Å². The largest absolute Gasteiger partial charge is 0.453 e. The molecule has 0 aliphatic heterocycles. The smallest absolute Gasteiger partial charge is 0.306 e. The zero-order valence-electron chi connectivity index (χ0n) is 10.7. The van der Waals surface area contributed by atoms with Crippen molar-refractivity contribution in [2.24, 2.45) is 0 Å². The summed E-state index contributed by atoms with van der Waals surface area (Å²) in [5, 5.41) is 0.664. The predicted octanol–water partition coefficient (Wildman–Crippen LogP) is 4.38. The lowest BCUT2D eigenvalue weighted by Crippen LogP contribution is -2.11. The van der Waals surface area contributed by atoms with E-state index in [1.54, 1.807) is 19.1 Å². The molecule has 3 heteroatoms. The first-order chi connectivity index (χ1) is 9.20. The first-order valence-electron chi connectivity index (χ1n) is 6.20. The SMILES string of the molecule is CCC(=O)O[C@H](c1ccccc1)c1ccc(Cl)cc1. The molecule has 19 heavy (non-hydrogen) atoms. The highest BCUT2D eigenvalue weighted by Gasteiger charge is 2.17. The van der Waals surface area contributed by atoms with Crippen LogP contribution in [0.5, 0.6) is 0 Å². The molecule has 0 bridgehead atoms. The topological polar surface area (TPSA) is 26.3 Å². The van der Waals surface area contributed by atoms with Crippen molar-refractivity contribution in [1.29, 1.82) is 0 Å². The molecular formula is C16H15ClO2. The second-order valence-corrected chi connectivity index (χ2v) is 4.62. The fourth-order valence-corrected chi connectivity index (χ4v) is 1.93. The van der Waals surface area contributed by atoms with E-state index >= 15 is 0 Å². The van der Waals surface area contributed by atoms with Crippen LogP contribution in [-0.2, 0) is 9.53 Å². The van der Waals surface area contributed by atoms with Crippen LogP contribution in [0.2, 0.25) is 5.02 Å².